The molecule has 0 bridgehead atoms. The molecule has 0 aromatic carbocycles. The van der Waals surface area contributed by atoms with Crippen LogP contribution in [0.5, 0.6) is 0 Å². The number of ether oxygens (including phenoxy) is 1. The predicted molar refractivity (Wildman–Crippen MR) is 50.8 cm³/mol. The standard InChI is InChI=1S/C8H15NO2S/c1-8(2,3)12(10)9-7-4-5-11-6-7/h4-6H2,1-3H3. The van der Waals surface area contributed by atoms with Gasteiger partial charge in [0, 0.05) is 6.42 Å². The average molecular weight is 189 g/mol. The average Bonchev–Trinajstić information content (AvgIpc) is 2.37. The van der Waals surface area contributed by atoms with Crippen LogP contribution in [0.25, 0.3) is 0 Å². The van der Waals surface area contributed by atoms with Crippen molar-refractivity contribution in [2.75, 3.05) is 13.2 Å². The van der Waals surface area contributed by atoms with E-state index in [0.717, 1.165) is 18.7 Å². The summed E-state index contributed by atoms with van der Waals surface area (Å²) in [5.41, 5.74) is 0.934. The van der Waals surface area contributed by atoms with Crippen molar-refractivity contribution >= 4 is 16.7 Å². The molecule has 0 saturated carbocycles. The fourth-order valence-electron chi connectivity index (χ4n) is 0.778. The van der Waals surface area contributed by atoms with Gasteiger partial charge in [0.15, 0.2) is 0 Å². The van der Waals surface area contributed by atoms with Crippen molar-refractivity contribution in [2.24, 2.45) is 4.40 Å². The smallest absolute Gasteiger partial charge is 0.144 e. The maximum atomic E-state index is 11.5. The summed E-state index contributed by atoms with van der Waals surface area (Å²) in [6, 6.07) is 0. The van der Waals surface area contributed by atoms with Gasteiger partial charge in [-0.05, 0) is 20.8 Å². The highest BCUT2D eigenvalue weighted by molar-refractivity contribution is 7.85. The summed E-state index contributed by atoms with van der Waals surface area (Å²) in [7, 11) is -1.12. The molecule has 1 aliphatic rings. The number of rotatable bonds is 1. The summed E-state index contributed by atoms with van der Waals surface area (Å²) in [5.74, 6) is 0. The van der Waals surface area contributed by atoms with Crippen LogP contribution >= 0.6 is 0 Å². The summed E-state index contributed by atoms with van der Waals surface area (Å²) in [6.07, 6.45) is 0.835. The first-order valence-corrected chi connectivity index (χ1v) is 5.17. The highest BCUT2D eigenvalue weighted by Crippen LogP contribution is 2.14. The summed E-state index contributed by atoms with van der Waals surface area (Å²) < 4.78 is 20.5. The van der Waals surface area contributed by atoms with Crippen LogP contribution in [0.2, 0.25) is 0 Å². The predicted octanol–water partition coefficient (Wildman–Crippen LogP) is 1.31. The molecular formula is C8H15NO2S. The lowest BCUT2D eigenvalue weighted by molar-refractivity contribution is 0.209. The fourth-order valence-corrected chi connectivity index (χ4v) is 1.43. The van der Waals surface area contributed by atoms with Gasteiger partial charge in [-0.15, -0.1) is 0 Å². The molecular weight excluding hydrogens is 174 g/mol. The second-order valence-electron chi connectivity index (χ2n) is 3.82. The Bertz CT molecular complexity index is 210. The van der Waals surface area contributed by atoms with Gasteiger partial charge in [0.25, 0.3) is 0 Å². The van der Waals surface area contributed by atoms with E-state index in [1.54, 1.807) is 0 Å². The van der Waals surface area contributed by atoms with Crippen molar-refractivity contribution in [3.8, 4) is 0 Å². The number of hydrogen-bond donors (Lipinski definition) is 0. The van der Waals surface area contributed by atoms with E-state index in [1.165, 1.54) is 0 Å². The monoisotopic (exact) mass is 189 g/mol. The van der Waals surface area contributed by atoms with Crippen molar-refractivity contribution in [1.82, 2.24) is 0 Å². The molecule has 3 nitrogen and oxygen atoms in total. The largest absolute Gasteiger partial charge is 0.375 e. The van der Waals surface area contributed by atoms with E-state index in [-0.39, 0.29) is 4.75 Å². The van der Waals surface area contributed by atoms with Gasteiger partial charge in [0.1, 0.15) is 11.0 Å². The summed E-state index contributed by atoms with van der Waals surface area (Å²) in [4.78, 5) is 0. The number of nitrogens with zero attached hydrogens (tertiary/aromatic N) is 1. The highest BCUT2D eigenvalue weighted by atomic mass is 32.2. The molecule has 4 heteroatoms. The van der Waals surface area contributed by atoms with E-state index in [0.29, 0.717) is 6.61 Å². The molecule has 12 heavy (non-hydrogen) atoms. The van der Waals surface area contributed by atoms with Gasteiger partial charge in [-0.3, -0.25) is 0 Å². The van der Waals surface area contributed by atoms with Crippen LogP contribution in [-0.2, 0) is 15.7 Å². The molecule has 0 N–H and O–H groups in total. The van der Waals surface area contributed by atoms with E-state index in [1.807, 2.05) is 20.8 Å². The van der Waals surface area contributed by atoms with Crippen molar-refractivity contribution in [3.63, 3.8) is 0 Å². The quantitative estimate of drug-likeness (QED) is 0.624. The molecule has 1 aliphatic heterocycles. The van der Waals surface area contributed by atoms with Gasteiger partial charge in [0.05, 0.1) is 23.7 Å². The van der Waals surface area contributed by atoms with Crippen LogP contribution in [-0.4, -0.2) is 27.9 Å². The normalized spacial score (nSPS) is 24.8. The molecule has 0 amide bonds. The maximum Gasteiger partial charge on any atom is 0.144 e. The first-order valence-electron chi connectivity index (χ1n) is 4.06. The molecule has 1 unspecified atom stereocenters. The lowest BCUT2D eigenvalue weighted by atomic mass is 10.3. The Kier molecular flexibility index (Phi) is 3.01. The zero-order valence-corrected chi connectivity index (χ0v) is 8.61. The highest BCUT2D eigenvalue weighted by Gasteiger charge is 2.20. The molecule has 0 radical (unpaired) electrons. The van der Waals surface area contributed by atoms with E-state index in [4.69, 9.17) is 4.74 Å². The van der Waals surface area contributed by atoms with Gasteiger partial charge in [-0.2, -0.15) is 4.40 Å². The van der Waals surface area contributed by atoms with E-state index < -0.39 is 11.0 Å². The molecule has 1 saturated heterocycles. The van der Waals surface area contributed by atoms with Crippen LogP contribution in [0.4, 0.5) is 0 Å². The molecule has 1 atom stereocenters. The van der Waals surface area contributed by atoms with E-state index in [2.05, 4.69) is 4.40 Å². The maximum absolute atomic E-state index is 11.5. The van der Waals surface area contributed by atoms with Crippen LogP contribution < -0.4 is 0 Å². The molecule has 0 aromatic heterocycles. The third kappa shape index (κ3) is 2.68. The molecule has 1 heterocycles. The zero-order valence-electron chi connectivity index (χ0n) is 7.79. The van der Waals surface area contributed by atoms with Crippen LogP contribution in [0.15, 0.2) is 4.40 Å². The zero-order chi connectivity index (χ0) is 9.19. The third-order valence-electron chi connectivity index (χ3n) is 1.54. The van der Waals surface area contributed by atoms with Crippen LogP contribution in [0, 0.1) is 0 Å². The van der Waals surface area contributed by atoms with Crippen molar-refractivity contribution in [3.05, 3.63) is 0 Å². The minimum Gasteiger partial charge on any atom is -0.375 e. The molecule has 1 rings (SSSR count). The third-order valence-corrected chi connectivity index (χ3v) is 3.01. The Morgan fingerprint density at radius 3 is 2.58 bits per heavy atom. The van der Waals surface area contributed by atoms with E-state index >= 15 is 0 Å². The first-order chi connectivity index (χ1) is 5.50. The van der Waals surface area contributed by atoms with Crippen molar-refractivity contribution < 1.29 is 8.95 Å². The second kappa shape index (κ2) is 3.66. The van der Waals surface area contributed by atoms with Gasteiger partial charge < -0.3 is 4.74 Å². The SMILES string of the molecule is CC(C)(C)S(=O)N=C1CCOC1. The van der Waals surface area contributed by atoms with Gasteiger partial charge >= 0.3 is 0 Å². The lowest BCUT2D eigenvalue weighted by Crippen LogP contribution is -2.21. The summed E-state index contributed by atoms with van der Waals surface area (Å²) in [6.45, 7) is 7.04. The number of hydrogen-bond acceptors (Lipinski definition) is 2. The molecule has 0 spiro atoms. The summed E-state index contributed by atoms with van der Waals surface area (Å²) >= 11 is 0. The molecule has 70 valence electrons. The van der Waals surface area contributed by atoms with Gasteiger partial charge in [0.2, 0.25) is 0 Å². The Hall–Kier alpha value is -0.220. The fraction of sp³-hybridized carbons (Fsp3) is 0.875. The molecule has 0 aromatic rings. The lowest BCUT2D eigenvalue weighted by Gasteiger charge is -2.13. The Balaban J connectivity index is 2.60. The molecule has 1 fully saturated rings. The Morgan fingerprint density at radius 1 is 1.50 bits per heavy atom. The van der Waals surface area contributed by atoms with Gasteiger partial charge in [-0.1, -0.05) is 0 Å². The molecule has 0 aliphatic carbocycles. The van der Waals surface area contributed by atoms with Gasteiger partial charge in [-0.25, -0.2) is 4.21 Å². The Labute approximate surface area is 75.8 Å². The topological polar surface area (TPSA) is 38.7 Å². The van der Waals surface area contributed by atoms with Crippen molar-refractivity contribution in [2.45, 2.75) is 31.9 Å². The minimum atomic E-state index is -1.12. The van der Waals surface area contributed by atoms with Crippen molar-refractivity contribution in [1.29, 1.82) is 0 Å². The van der Waals surface area contributed by atoms with Crippen LogP contribution in [0.3, 0.4) is 0 Å². The first kappa shape index (κ1) is 9.86. The van der Waals surface area contributed by atoms with E-state index in [9.17, 15) is 4.21 Å². The Morgan fingerprint density at radius 2 is 2.17 bits per heavy atom. The second-order valence-corrected chi connectivity index (χ2v) is 5.73. The summed E-state index contributed by atoms with van der Waals surface area (Å²) in [5, 5.41) is 0. The minimum absolute atomic E-state index is 0.254. The van der Waals surface area contributed by atoms with Crippen LogP contribution in [0.1, 0.15) is 27.2 Å².